The van der Waals surface area contributed by atoms with Crippen molar-refractivity contribution in [3.8, 4) is 0 Å². The second-order valence-corrected chi connectivity index (χ2v) is 10.2. The third-order valence-electron chi connectivity index (χ3n) is 8.31. The molecule has 0 aromatic heterocycles. The lowest BCUT2D eigenvalue weighted by Gasteiger charge is -2.43. The minimum Gasteiger partial charge on any atom is -0.447 e. The van der Waals surface area contributed by atoms with Gasteiger partial charge in [0.2, 0.25) is 5.91 Å². The summed E-state index contributed by atoms with van der Waals surface area (Å²) in [6.07, 6.45) is 5.40. The van der Waals surface area contributed by atoms with Gasteiger partial charge in [-0.1, -0.05) is 6.92 Å². The van der Waals surface area contributed by atoms with Crippen LogP contribution in [0.1, 0.15) is 51.9 Å². The highest BCUT2D eigenvalue weighted by Gasteiger charge is 2.47. The highest BCUT2D eigenvalue weighted by molar-refractivity contribution is 5.82. The zero-order valence-corrected chi connectivity index (χ0v) is 17.9. The number of piperazine rings is 1. The molecule has 2 amide bonds. The molecule has 0 bridgehead atoms. The molecule has 168 valence electrons. The molecule has 0 aromatic rings. The lowest BCUT2D eigenvalue weighted by atomic mass is 9.77. The number of cyclic esters (lactones) is 1. The Hall–Kier alpha value is -1.41. The Bertz CT molecular complexity index is 661. The Labute approximate surface area is 178 Å². The van der Waals surface area contributed by atoms with Crippen LogP contribution in [-0.4, -0.2) is 84.4 Å². The number of alkyl halides is 1. The zero-order chi connectivity index (χ0) is 20.8. The number of rotatable bonds is 3. The number of hydrogen-bond acceptors (Lipinski definition) is 5. The van der Waals surface area contributed by atoms with Gasteiger partial charge in [0, 0.05) is 43.7 Å². The Morgan fingerprint density at radius 1 is 1.17 bits per heavy atom. The molecule has 5 rings (SSSR count). The van der Waals surface area contributed by atoms with Gasteiger partial charge in [0.15, 0.2) is 0 Å². The molecule has 2 saturated carbocycles. The molecule has 5 unspecified atom stereocenters. The fourth-order valence-corrected chi connectivity index (χ4v) is 6.57. The summed E-state index contributed by atoms with van der Waals surface area (Å²) in [6, 6.07) is 0.665. The second kappa shape index (κ2) is 8.26. The van der Waals surface area contributed by atoms with Crippen molar-refractivity contribution in [2.45, 2.75) is 88.3 Å². The van der Waals surface area contributed by atoms with E-state index in [1.165, 1.54) is 0 Å². The summed E-state index contributed by atoms with van der Waals surface area (Å²) >= 11 is 0. The Morgan fingerprint density at radius 2 is 2.03 bits per heavy atom. The summed E-state index contributed by atoms with van der Waals surface area (Å²) < 4.78 is 19.6. The quantitative estimate of drug-likeness (QED) is 0.724. The third-order valence-corrected chi connectivity index (χ3v) is 8.31. The van der Waals surface area contributed by atoms with Crippen LogP contribution in [0.25, 0.3) is 0 Å². The highest BCUT2D eigenvalue weighted by Crippen LogP contribution is 2.38. The fraction of sp³-hybridized carbons (Fsp3) is 0.909. The van der Waals surface area contributed by atoms with Crippen LogP contribution < -0.4 is 10.6 Å². The van der Waals surface area contributed by atoms with Gasteiger partial charge in [0.1, 0.15) is 12.8 Å². The molecule has 3 heterocycles. The monoisotopic (exact) mass is 422 g/mol. The number of ether oxygens (including phenoxy) is 1. The smallest absolute Gasteiger partial charge is 0.410 e. The standard InChI is InChI=1S/C22H35FN4O3/c1-13-5-6-18(23)17-10-19(25-20(13)17)21(28)24-14-3-2-4-15(9-14)26-7-8-27-16(11-26)12-30-22(27)29/h13-20,25H,2-12H2,1H3,(H,24,28)/t13?,14-,15+,16+,17?,18?,19?,20?/m1/s1. The van der Waals surface area contributed by atoms with Gasteiger partial charge < -0.3 is 15.4 Å². The number of halogens is 1. The maximum atomic E-state index is 14.4. The Morgan fingerprint density at radius 3 is 2.87 bits per heavy atom. The van der Waals surface area contributed by atoms with E-state index < -0.39 is 6.17 Å². The van der Waals surface area contributed by atoms with Gasteiger partial charge in [-0.2, -0.15) is 0 Å². The first-order chi connectivity index (χ1) is 14.5. The van der Waals surface area contributed by atoms with Crippen LogP contribution >= 0.6 is 0 Å². The average molecular weight is 423 g/mol. The van der Waals surface area contributed by atoms with Gasteiger partial charge in [-0.3, -0.25) is 14.6 Å². The second-order valence-electron chi connectivity index (χ2n) is 10.2. The summed E-state index contributed by atoms with van der Waals surface area (Å²) in [4.78, 5) is 29.0. The van der Waals surface area contributed by atoms with E-state index >= 15 is 0 Å². The van der Waals surface area contributed by atoms with Crippen LogP contribution in [0.4, 0.5) is 9.18 Å². The minimum absolute atomic E-state index is 0.0174. The molecule has 3 aliphatic heterocycles. The van der Waals surface area contributed by atoms with E-state index in [2.05, 4.69) is 22.5 Å². The summed E-state index contributed by atoms with van der Waals surface area (Å²) in [5.74, 6) is 0.467. The lowest BCUT2D eigenvalue weighted by Crippen LogP contribution is -2.57. The number of carbonyl (C=O) groups is 2. The molecule has 8 heteroatoms. The van der Waals surface area contributed by atoms with E-state index in [0.717, 1.165) is 51.7 Å². The van der Waals surface area contributed by atoms with Crippen LogP contribution in [0.5, 0.6) is 0 Å². The zero-order valence-electron chi connectivity index (χ0n) is 17.9. The van der Waals surface area contributed by atoms with Crippen molar-refractivity contribution in [1.29, 1.82) is 0 Å². The summed E-state index contributed by atoms with van der Waals surface area (Å²) in [7, 11) is 0. The largest absolute Gasteiger partial charge is 0.447 e. The van der Waals surface area contributed by atoms with E-state index in [1.54, 1.807) is 0 Å². The molecule has 5 aliphatic rings. The lowest BCUT2D eigenvalue weighted by molar-refractivity contribution is -0.124. The van der Waals surface area contributed by atoms with Gasteiger partial charge in [0.05, 0.1) is 12.1 Å². The first-order valence-electron chi connectivity index (χ1n) is 11.9. The molecule has 3 saturated heterocycles. The maximum absolute atomic E-state index is 14.4. The van der Waals surface area contributed by atoms with Crippen LogP contribution in [-0.2, 0) is 9.53 Å². The summed E-state index contributed by atoms with van der Waals surface area (Å²) in [5.41, 5.74) is 0. The number of fused-ring (bicyclic) bond motifs is 2. The van der Waals surface area contributed by atoms with Crippen molar-refractivity contribution in [3.63, 3.8) is 0 Å². The van der Waals surface area contributed by atoms with Gasteiger partial charge in [-0.25, -0.2) is 9.18 Å². The SMILES string of the molecule is CC1CCC(F)C2CC(C(=O)N[C@@H]3CCC[C@H](N4CCN5C(=O)OC[C@@H]5C4)C3)NC12. The van der Waals surface area contributed by atoms with Crippen LogP contribution in [0.3, 0.4) is 0 Å². The molecule has 2 N–H and O–H groups in total. The molecule has 2 aliphatic carbocycles. The normalized spacial score (nSPS) is 44.3. The molecule has 30 heavy (non-hydrogen) atoms. The molecule has 0 aromatic carbocycles. The third kappa shape index (κ3) is 3.81. The highest BCUT2D eigenvalue weighted by atomic mass is 19.1. The molecule has 0 spiro atoms. The topological polar surface area (TPSA) is 73.9 Å². The summed E-state index contributed by atoms with van der Waals surface area (Å²) in [5, 5.41) is 6.74. The van der Waals surface area contributed by atoms with Crippen molar-refractivity contribution in [2.75, 3.05) is 26.2 Å². The van der Waals surface area contributed by atoms with Crippen molar-refractivity contribution in [1.82, 2.24) is 20.4 Å². The molecule has 0 radical (unpaired) electrons. The van der Waals surface area contributed by atoms with Crippen molar-refractivity contribution < 1.29 is 18.7 Å². The first-order valence-corrected chi connectivity index (χ1v) is 11.9. The number of nitrogens with zero attached hydrogens (tertiary/aromatic N) is 2. The molecular formula is C22H35FN4O3. The average Bonchev–Trinajstić information content (AvgIpc) is 3.36. The van der Waals surface area contributed by atoms with Gasteiger partial charge in [-0.05, 0) is 50.9 Å². The van der Waals surface area contributed by atoms with Crippen LogP contribution in [0, 0.1) is 11.8 Å². The fourth-order valence-electron chi connectivity index (χ4n) is 6.57. The van der Waals surface area contributed by atoms with E-state index in [9.17, 15) is 14.0 Å². The van der Waals surface area contributed by atoms with Crippen LogP contribution in [0.15, 0.2) is 0 Å². The predicted octanol–water partition coefficient (Wildman–Crippen LogP) is 1.66. The van der Waals surface area contributed by atoms with Crippen molar-refractivity contribution in [3.05, 3.63) is 0 Å². The van der Waals surface area contributed by atoms with E-state index in [0.29, 0.717) is 31.4 Å². The minimum atomic E-state index is -0.777. The number of carbonyl (C=O) groups excluding carboxylic acids is 2. The van der Waals surface area contributed by atoms with E-state index in [4.69, 9.17) is 4.74 Å². The van der Waals surface area contributed by atoms with Gasteiger partial charge >= 0.3 is 6.09 Å². The maximum Gasteiger partial charge on any atom is 0.410 e. The molecule has 7 nitrogen and oxygen atoms in total. The molecule has 5 fully saturated rings. The number of nitrogens with one attached hydrogen (secondary N) is 2. The van der Waals surface area contributed by atoms with Gasteiger partial charge in [0.25, 0.3) is 0 Å². The van der Waals surface area contributed by atoms with E-state index in [1.807, 2.05) is 4.90 Å². The van der Waals surface area contributed by atoms with E-state index in [-0.39, 0.29) is 42.1 Å². The molecule has 8 atom stereocenters. The Balaban J connectivity index is 1.14. The van der Waals surface area contributed by atoms with Gasteiger partial charge in [-0.15, -0.1) is 0 Å². The van der Waals surface area contributed by atoms with Crippen LogP contribution in [0.2, 0.25) is 0 Å². The summed E-state index contributed by atoms with van der Waals surface area (Å²) in [6.45, 7) is 5.13. The predicted molar refractivity (Wildman–Crippen MR) is 110 cm³/mol. The number of hydrogen-bond donors (Lipinski definition) is 2. The van der Waals surface area contributed by atoms with Crippen molar-refractivity contribution >= 4 is 12.0 Å². The molecular weight excluding hydrogens is 387 g/mol. The first kappa shape index (κ1) is 20.5. The number of amides is 2. The van der Waals surface area contributed by atoms with Crippen molar-refractivity contribution in [2.24, 2.45) is 11.8 Å². The Kier molecular flexibility index (Phi) is 5.64.